The van der Waals surface area contributed by atoms with Crippen LogP contribution in [0.25, 0.3) is 0 Å². The van der Waals surface area contributed by atoms with Crippen LogP contribution < -0.4 is 4.72 Å². The molecular weight excluding hydrogens is 340 g/mol. The van der Waals surface area contributed by atoms with Crippen LogP contribution in [0, 0.1) is 0 Å². The average Bonchev–Trinajstić information content (AvgIpc) is 3.14. The smallest absolute Gasteiger partial charge is 0.208 e. The van der Waals surface area contributed by atoms with Gasteiger partial charge in [-0.2, -0.15) is 10.2 Å². The molecule has 0 spiro atoms. The zero-order chi connectivity index (χ0) is 18.0. The Balaban J connectivity index is 1.66. The van der Waals surface area contributed by atoms with Gasteiger partial charge >= 0.3 is 0 Å². The first-order valence-corrected chi connectivity index (χ1v) is 10.4. The fraction of sp³-hybridized carbons (Fsp3) is 0.625. The summed E-state index contributed by atoms with van der Waals surface area (Å²) in [5, 5.41) is 8.83. The molecule has 25 heavy (non-hydrogen) atoms. The SMILES string of the molecule is CC(C)n1cc(CN2Cc3ccnn3C(CCNS(C)(=O)=O)C2)cn1. The molecule has 1 unspecified atom stereocenters. The van der Waals surface area contributed by atoms with Gasteiger partial charge in [-0.15, -0.1) is 0 Å². The van der Waals surface area contributed by atoms with Gasteiger partial charge < -0.3 is 0 Å². The number of nitrogens with one attached hydrogen (secondary N) is 1. The van der Waals surface area contributed by atoms with Crippen LogP contribution in [-0.2, 0) is 23.1 Å². The zero-order valence-corrected chi connectivity index (χ0v) is 15.8. The maximum atomic E-state index is 11.3. The first-order valence-electron chi connectivity index (χ1n) is 8.54. The Kier molecular flexibility index (Phi) is 5.26. The third-order valence-corrected chi connectivity index (χ3v) is 5.11. The first kappa shape index (κ1) is 18.1. The molecule has 1 atom stereocenters. The maximum absolute atomic E-state index is 11.3. The van der Waals surface area contributed by atoms with Crippen LogP contribution in [0.15, 0.2) is 24.7 Å². The minimum atomic E-state index is -3.16. The molecular formula is C16H26N6O2S. The first-order chi connectivity index (χ1) is 11.8. The van der Waals surface area contributed by atoms with Gasteiger partial charge in [0.05, 0.1) is 24.2 Å². The van der Waals surface area contributed by atoms with Gasteiger partial charge in [0.2, 0.25) is 10.0 Å². The summed E-state index contributed by atoms with van der Waals surface area (Å²) in [4.78, 5) is 2.36. The molecule has 0 saturated carbocycles. The molecule has 3 rings (SSSR count). The van der Waals surface area contributed by atoms with Gasteiger partial charge in [-0.25, -0.2) is 13.1 Å². The van der Waals surface area contributed by atoms with Crippen molar-refractivity contribution in [1.29, 1.82) is 0 Å². The number of hydrogen-bond donors (Lipinski definition) is 1. The Hall–Kier alpha value is -1.71. The van der Waals surface area contributed by atoms with Gasteiger partial charge in [-0.3, -0.25) is 14.3 Å². The second-order valence-corrected chi connectivity index (χ2v) is 8.80. The molecule has 1 aliphatic heterocycles. The minimum absolute atomic E-state index is 0.160. The number of sulfonamides is 1. The second kappa shape index (κ2) is 7.27. The van der Waals surface area contributed by atoms with Crippen molar-refractivity contribution in [3.8, 4) is 0 Å². The number of aromatic nitrogens is 4. The summed E-state index contributed by atoms with van der Waals surface area (Å²) in [6.45, 7) is 7.15. The molecule has 0 fully saturated rings. The van der Waals surface area contributed by atoms with E-state index in [0.717, 1.165) is 25.3 Å². The molecule has 1 N–H and O–H groups in total. The van der Waals surface area contributed by atoms with Gasteiger partial charge in [-0.1, -0.05) is 0 Å². The molecule has 0 aliphatic carbocycles. The molecule has 2 aromatic rings. The van der Waals surface area contributed by atoms with Crippen molar-refractivity contribution in [1.82, 2.24) is 29.2 Å². The lowest BCUT2D eigenvalue weighted by molar-refractivity contribution is 0.162. The van der Waals surface area contributed by atoms with Gasteiger partial charge in [0.15, 0.2) is 0 Å². The van der Waals surface area contributed by atoms with Crippen LogP contribution in [0.3, 0.4) is 0 Å². The lowest BCUT2D eigenvalue weighted by Gasteiger charge is -2.33. The summed E-state index contributed by atoms with van der Waals surface area (Å²) in [6, 6.07) is 2.54. The third-order valence-electron chi connectivity index (χ3n) is 4.38. The van der Waals surface area contributed by atoms with Crippen molar-refractivity contribution in [3.63, 3.8) is 0 Å². The number of hydrogen-bond acceptors (Lipinski definition) is 5. The van der Waals surface area contributed by atoms with E-state index in [0.29, 0.717) is 19.0 Å². The highest BCUT2D eigenvalue weighted by Crippen LogP contribution is 2.24. The van der Waals surface area contributed by atoms with Crippen LogP contribution in [-0.4, -0.2) is 52.2 Å². The van der Waals surface area contributed by atoms with Crippen molar-refractivity contribution in [3.05, 3.63) is 35.9 Å². The van der Waals surface area contributed by atoms with E-state index in [2.05, 4.69) is 39.9 Å². The highest BCUT2D eigenvalue weighted by molar-refractivity contribution is 7.88. The standard InChI is InChI=1S/C16H26N6O2S/c1-13(2)21-10-14(8-18-21)9-20-11-15-4-6-17-22(15)16(12-20)5-7-19-25(3,23)24/h4,6,8,10,13,16,19H,5,7,9,11-12H2,1-3H3. The molecule has 1 aliphatic rings. The van der Waals surface area contributed by atoms with Gasteiger partial charge in [-0.05, 0) is 26.3 Å². The lowest BCUT2D eigenvalue weighted by atomic mass is 10.1. The topological polar surface area (TPSA) is 85.0 Å². The second-order valence-electron chi connectivity index (χ2n) is 6.97. The van der Waals surface area contributed by atoms with E-state index < -0.39 is 10.0 Å². The molecule has 0 saturated heterocycles. The molecule has 138 valence electrons. The Morgan fingerprint density at radius 3 is 2.84 bits per heavy atom. The average molecular weight is 366 g/mol. The summed E-state index contributed by atoms with van der Waals surface area (Å²) in [5.41, 5.74) is 2.35. The highest BCUT2D eigenvalue weighted by Gasteiger charge is 2.25. The monoisotopic (exact) mass is 366 g/mol. The summed E-state index contributed by atoms with van der Waals surface area (Å²) in [7, 11) is -3.16. The molecule has 2 aromatic heterocycles. The van der Waals surface area contributed by atoms with Crippen LogP contribution in [0.1, 0.15) is 43.6 Å². The lowest BCUT2D eigenvalue weighted by Crippen LogP contribution is -2.38. The minimum Gasteiger partial charge on any atom is -0.291 e. The Morgan fingerprint density at radius 1 is 1.36 bits per heavy atom. The maximum Gasteiger partial charge on any atom is 0.208 e. The predicted molar refractivity (Wildman–Crippen MR) is 95.5 cm³/mol. The molecule has 0 radical (unpaired) electrons. The molecule has 8 nitrogen and oxygen atoms in total. The fourth-order valence-corrected chi connectivity index (χ4v) is 3.70. The molecule has 0 bridgehead atoms. The predicted octanol–water partition coefficient (Wildman–Crippen LogP) is 1.16. The summed E-state index contributed by atoms with van der Waals surface area (Å²) >= 11 is 0. The Morgan fingerprint density at radius 2 is 2.16 bits per heavy atom. The highest BCUT2D eigenvalue weighted by atomic mass is 32.2. The third kappa shape index (κ3) is 4.68. The van der Waals surface area contributed by atoms with Crippen LogP contribution in [0.4, 0.5) is 0 Å². The van der Waals surface area contributed by atoms with Crippen molar-refractivity contribution in [2.45, 2.75) is 45.4 Å². The quantitative estimate of drug-likeness (QED) is 0.795. The van der Waals surface area contributed by atoms with Crippen molar-refractivity contribution < 1.29 is 8.42 Å². The van der Waals surface area contributed by atoms with E-state index in [1.54, 1.807) is 0 Å². The fourth-order valence-electron chi connectivity index (χ4n) is 3.21. The van der Waals surface area contributed by atoms with Crippen LogP contribution in [0.5, 0.6) is 0 Å². The van der Waals surface area contributed by atoms with E-state index in [9.17, 15) is 8.42 Å². The molecule has 9 heteroatoms. The Bertz CT molecular complexity index is 810. The number of nitrogens with zero attached hydrogens (tertiary/aromatic N) is 5. The number of rotatable bonds is 7. The summed E-state index contributed by atoms with van der Waals surface area (Å²) in [6.07, 6.45) is 7.73. The summed E-state index contributed by atoms with van der Waals surface area (Å²) in [5.74, 6) is 0. The van der Waals surface area contributed by atoms with Crippen molar-refractivity contribution in [2.75, 3.05) is 19.3 Å². The van der Waals surface area contributed by atoms with Gasteiger partial charge in [0.1, 0.15) is 0 Å². The largest absolute Gasteiger partial charge is 0.291 e. The Labute approximate surface area is 148 Å². The van der Waals surface area contributed by atoms with E-state index in [4.69, 9.17) is 0 Å². The number of fused-ring (bicyclic) bond motifs is 1. The van der Waals surface area contributed by atoms with Crippen molar-refractivity contribution >= 4 is 10.0 Å². The normalized spacial score (nSPS) is 18.6. The van der Waals surface area contributed by atoms with Crippen LogP contribution >= 0.6 is 0 Å². The molecule has 0 amide bonds. The van der Waals surface area contributed by atoms with E-state index in [-0.39, 0.29) is 6.04 Å². The van der Waals surface area contributed by atoms with Gasteiger partial charge in [0, 0.05) is 50.2 Å². The summed E-state index contributed by atoms with van der Waals surface area (Å²) < 4.78 is 29.1. The molecule has 0 aromatic carbocycles. The van der Waals surface area contributed by atoms with Crippen LogP contribution in [0.2, 0.25) is 0 Å². The van der Waals surface area contributed by atoms with Gasteiger partial charge in [0.25, 0.3) is 0 Å². The van der Waals surface area contributed by atoms with E-state index in [1.807, 2.05) is 27.8 Å². The zero-order valence-electron chi connectivity index (χ0n) is 15.0. The van der Waals surface area contributed by atoms with E-state index in [1.165, 1.54) is 11.8 Å². The molecule has 3 heterocycles. The van der Waals surface area contributed by atoms with Crippen molar-refractivity contribution in [2.24, 2.45) is 0 Å². The van der Waals surface area contributed by atoms with E-state index >= 15 is 0 Å².